The molecule has 0 saturated carbocycles. The molecule has 1 aromatic carbocycles. The first-order valence-electron chi connectivity index (χ1n) is 7.12. The monoisotopic (exact) mass is 315 g/mol. The summed E-state index contributed by atoms with van der Waals surface area (Å²) in [5, 5.41) is 2.82. The summed E-state index contributed by atoms with van der Waals surface area (Å²) in [7, 11) is 0. The third-order valence-corrected chi connectivity index (χ3v) is 3.73. The van der Waals surface area contributed by atoms with E-state index in [0.29, 0.717) is 11.3 Å². The molecule has 4 nitrogen and oxygen atoms in total. The molecule has 1 heterocycles. The number of carbonyl (C=O) groups excluding carboxylic acids is 1. The largest absolute Gasteiger partial charge is 0.319 e. The Bertz CT molecular complexity index is 630. The molecule has 0 radical (unpaired) electrons. The Morgan fingerprint density at radius 1 is 1.14 bits per heavy atom. The maximum Gasteiger partial charge on any atom is 0.255 e. The standard InChI is InChI=1S/C17H21N3OS/c1-17(2,3)16-18-9-14(10-19-16)20-15(21)13-7-5-12(6-8-13)11-22-4/h5-10H,11H2,1-4H3,(H,20,21). The predicted molar refractivity (Wildman–Crippen MR) is 92.3 cm³/mol. The van der Waals surface area contributed by atoms with Crippen molar-refractivity contribution >= 4 is 23.4 Å². The van der Waals surface area contributed by atoms with E-state index in [1.165, 1.54) is 5.56 Å². The fourth-order valence-electron chi connectivity index (χ4n) is 1.90. The van der Waals surface area contributed by atoms with Gasteiger partial charge in [-0.1, -0.05) is 32.9 Å². The van der Waals surface area contributed by atoms with Crippen LogP contribution in [0, 0.1) is 0 Å². The lowest BCUT2D eigenvalue weighted by molar-refractivity contribution is 0.102. The van der Waals surface area contributed by atoms with Crippen molar-refractivity contribution in [3.63, 3.8) is 0 Å². The van der Waals surface area contributed by atoms with Crippen LogP contribution in [0.2, 0.25) is 0 Å². The van der Waals surface area contributed by atoms with Gasteiger partial charge in [0.25, 0.3) is 5.91 Å². The average Bonchev–Trinajstić information content (AvgIpc) is 2.48. The molecule has 0 atom stereocenters. The fourth-order valence-corrected chi connectivity index (χ4v) is 2.43. The van der Waals surface area contributed by atoms with Gasteiger partial charge in [0.2, 0.25) is 0 Å². The summed E-state index contributed by atoms with van der Waals surface area (Å²) in [6.45, 7) is 6.16. The van der Waals surface area contributed by atoms with Crippen LogP contribution in [-0.4, -0.2) is 22.1 Å². The Morgan fingerprint density at radius 2 is 1.73 bits per heavy atom. The van der Waals surface area contributed by atoms with Crippen molar-refractivity contribution in [3.05, 3.63) is 53.6 Å². The summed E-state index contributed by atoms with van der Waals surface area (Å²) in [6.07, 6.45) is 5.35. The van der Waals surface area contributed by atoms with Crippen molar-refractivity contribution in [1.29, 1.82) is 0 Å². The zero-order chi connectivity index (χ0) is 16.2. The lowest BCUT2D eigenvalue weighted by Crippen LogP contribution is -2.17. The van der Waals surface area contributed by atoms with Crippen molar-refractivity contribution in [2.75, 3.05) is 11.6 Å². The van der Waals surface area contributed by atoms with Crippen LogP contribution in [0.25, 0.3) is 0 Å². The lowest BCUT2D eigenvalue weighted by atomic mass is 9.96. The van der Waals surface area contributed by atoms with Gasteiger partial charge < -0.3 is 5.32 Å². The molecule has 0 unspecified atom stereocenters. The van der Waals surface area contributed by atoms with E-state index in [2.05, 4.69) is 42.3 Å². The smallest absolute Gasteiger partial charge is 0.255 e. The van der Waals surface area contributed by atoms with E-state index in [1.807, 2.05) is 24.3 Å². The van der Waals surface area contributed by atoms with Crippen LogP contribution in [-0.2, 0) is 11.2 Å². The molecule has 22 heavy (non-hydrogen) atoms. The second-order valence-corrected chi connectivity index (χ2v) is 7.00. The van der Waals surface area contributed by atoms with Crippen molar-refractivity contribution in [2.45, 2.75) is 31.9 Å². The Balaban J connectivity index is 2.05. The minimum absolute atomic E-state index is 0.102. The summed E-state index contributed by atoms with van der Waals surface area (Å²) in [5.41, 5.74) is 2.34. The third kappa shape index (κ3) is 4.31. The van der Waals surface area contributed by atoms with Gasteiger partial charge in [-0.15, -0.1) is 0 Å². The molecule has 0 spiro atoms. The molecule has 116 valence electrons. The van der Waals surface area contributed by atoms with E-state index in [9.17, 15) is 4.79 Å². The van der Waals surface area contributed by atoms with E-state index >= 15 is 0 Å². The molecular formula is C17H21N3OS. The van der Waals surface area contributed by atoms with E-state index < -0.39 is 0 Å². The van der Waals surface area contributed by atoms with Crippen LogP contribution < -0.4 is 5.32 Å². The number of aromatic nitrogens is 2. The average molecular weight is 315 g/mol. The topological polar surface area (TPSA) is 54.9 Å². The summed E-state index contributed by atoms with van der Waals surface area (Å²) in [6, 6.07) is 7.63. The minimum atomic E-state index is -0.150. The molecule has 1 amide bonds. The van der Waals surface area contributed by atoms with Crippen molar-refractivity contribution < 1.29 is 4.79 Å². The number of thioether (sulfide) groups is 1. The van der Waals surface area contributed by atoms with Gasteiger partial charge in [0.1, 0.15) is 5.82 Å². The molecular weight excluding hydrogens is 294 g/mol. The van der Waals surface area contributed by atoms with E-state index in [-0.39, 0.29) is 11.3 Å². The van der Waals surface area contributed by atoms with E-state index in [4.69, 9.17) is 0 Å². The van der Waals surface area contributed by atoms with E-state index in [1.54, 1.807) is 24.2 Å². The Kier molecular flexibility index (Phi) is 5.19. The van der Waals surface area contributed by atoms with Gasteiger partial charge in [-0.05, 0) is 24.0 Å². The van der Waals surface area contributed by atoms with Gasteiger partial charge >= 0.3 is 0 Å². The third-order valence-electron chi connectivity index (χ3n) is 3.11. The van der Waals surface area contributed by atoms with Gasteiger partial charge in [0, 0.05) is 16.7 Å². The minimum Gasteiger partial charge on any atom is -0.319 e. The summed E-state index contributed by atoms with van der Waals surface area (Å²) in [5.74, 6) is 1.55. The molecule has 0 bridgehead atoms. The zero-order valence-corrected chi connectivity index (χ0v) is 14.2. The number of anilines is 1. The first-order chi connectivity index (χ1) is 10.4. The number of rotatable bonds is 4. The highest BCUT2D eigenvalue weighted by Crippen LogP contribution is 2.18. The summed E-state index contributed by atoms with van der Waals surface area (Å²) in [4.78, 5) is 20.8. The van der Waals surface area contributed by atoms with Gasteiger partial charge in [-0.2, -0.15) is 11.8 Å². The molecule has 1 N–H and O–H groups in total. The van der Waals surface area contributed by atoms with Gasteiger partial charge in [0.15, 0.2) is 0 Å². The van der Waals surface area contributed by atoms with Gasteiger partial charge in [-0.25, -0.2) is 9.97 Å². The van der Waals surface area contributed by atoms with Crippen LogP contribution in [0.5, 0.6) is 0 Å². The highest BCUT2D eigenvalue weighted by molar-refractivity contribution is 7.97. The normalized spacial score (nSPS) is 11.3. The molecule has 1 aromatic heterocycles. The van der Waals surface area contributed by atoms with Crippen LogP contribution in [0.1, 0.15) is 42.5 Å². The number of benzene rings is 1. The highest BCUT2D eigenvalue weighted by atomic mass is 32.2. The molecule has 0 aliphatic rings. The van der Waals surface area contributed by atoms with Gasteiger partial charge in [0.05, 0.1) is 18.1 Å². The van der Waals surface area contributed by atoms with Crippen LogP contribution in [0.3, 0.4) is 0 Å². The number of amides is 1. The first kappa shape index (κ1) is 16.5. The van der Waals surface area contributed by atoms with Crippen molar-refractivity contribution in [3.8, 4) is 0 Å². The van der Waals surface area contributed by atoms with Crippen molar-refractivity contribution in [1.82, 2.24) is 9.97 Å². The number of nitrogens with one attached hydrogen (secondary N) is 1. The lowest BCUT2D eigenvalue weighted by Gasteiger charge is -2.16. The zero-order valence-electron chi connectivity index (χ0n) is 13.4. The van der Waals surface area contributed by atoms with Crippen LogP contribution >= 0.6 is 11.8 Å². The van der Waals surface area contributed by atoms with E-state index in [0.717, 1.165) is 11.6 Å². The Labute approximate surface area is 135 Å². The SMILES string of the molecule is CSCc1ccc(C(=O)Nc2cnc(C(C)(C)C)nc2)cc1. The molecule has 2 rings (SSSR count). The maximum absolute atomic E-state index is 12.2. The molecule has 2 aromatic rings. The number of carbonyl (C=O) groups is 1. The molecule has 5 heteroatoms. The number of nitrogens with zero attached hydrogens (tertiary/aromatic N) is 2. The summed E-state index contributed by atoms with van der Waals surface area (Å²) < 4.78 is 0. The Morgan fingerprint density at radius 3 is 2.23 bits per heavy atom. The molecule has 0 aliphatic carbocycles. The Hall–Kier alpha value is -1.88. The molecule has 0 saturated heterocycles. The second-order valence-electron chi connectivity index (χ2n) is 6.13. The quantitative estimate of drug-likeness (QED) is 0.930. The van der Waals surface area contributed by atoms with Crippen LogP contribution in [0.4, 0.5) is 5.69 Å². The summed E-state index contributed by atoms with van der Waals surface area (Å²) >= 11 is 1.76. The second kappa shape index (κ2) is 6.92. The van der Waals surface area contributed by atoms with Crippen LogP contribution in [0.15, 0.2) is 36.7 Å². The first-order valence-corrected chi connectivity index (χ1v) is 8.51. The maximum atomic E-state index is 12.2. The number of hydrogen-bond acceptors (Lipinski definition) is 4. The number of hydrogen-bond donors (Lipinski definition) is 1. The van der Waals surface area contributed by atoms with Crippen molar-refractivity contribution in [2.24, 2.45) is 0 Å². The fraction of sp³-hybridized carbons (Fsp3) is 0.353. The molecule has 0 aliphatic heterocycles. The highest BCUT2D eigenvalue weighted by Gasteiger charge is 2.17. The molecule has 0 fully saturated rings. The predicted octanol–water partition coefficient (Wildman–Crippen LogP) is 3.89. The van der Waals surface area contributed by atoms with Gasteiger partial charge in [-0.3, -0.25) is 4.79 Å².